The lowest BCUT2D eigenvalue weighted by atomic mass is 10.1. The number of amides is 2. The standard InChI is InChI=1S/C12H17N3O2.ClH/c1-7-4-5-9(12(17)14-3)6-10(7)15-11(16)8(2)13;/h4-6,8H,13H2,1-3H3,(H,14,17)(H,15,16);1H/t8-;/m1./s1. The fourth-order valence-electron chi connectivity index (χ4n) is 1.29. The summed E-state index contributed by atoms with van der Waals surface area (Å²) in [6.45, 7) is 3.46. The highest BCUT2D eigenvalue weighted by Gasteiger charge is 2.11. The second-order valence-electron chi connectivity index (χ2n) is 3.89. The van der Waals surface area contributed by atoms with E-state index in [0.29, 0.717) is 11.3 Å². The van der Waals surface area contributed by atoms with Crippen LogP contribution in [0.25, 0.3) is 0 Å². The van der Waals surface area contributed by atoms with Gasteiger partial charge in [0, 0.05) is 18.3 Å². The minimum absolute atomic E-state index is 0. The SMILES string of the molecule is CNC(=O)c1ccc(C)c(NC(=O)[C@@H](C)N)c1.Cl. The summed E-state index contributed by atoms with van der Waals surface area (Å²) < 4.78 is 0. The molecular weight excluding hydrogens is 254 g/mol. The third-order valence-corrected chi connectivity index (χ3v) is 2.40. The molecule has 0 aliphatic heterocycles. The van der Waals surface area contributed by atoms with Gasteiger partial charge in [-0.1, -0.05) is 6.07 Å². The van der Waals surface area contributed by atoms with Gasteiger partial charge in [-0.25, -0.2) is 0 Å². The summed E-state index contributed by atoms with van der Waals surface area (Å²) in [5.74, 6) is -0.469. The van der Waals surface area contributed by atoms with E-state index in [0.717, 1.165) is 5.56 Å². The summed E-state index contributed by atoms with van der Waals surface area (Å²) in [4.78, 5) is 22.9. The first-order valence-corrected chi connectivity index (χ1v) is 5.35. The van der Waals surface area contributed by atoms with Crippen LogP contribution in [0.4, 0.5) is 5.69 Å². The van der Waals surface area contributed by atoms with Gasteiger partial charge in [0.2, 0.25) is 5.91 Å². The van der Waals surface area contributed by atoms with E-state index in [1.54, 1.807) is 32.2 Å². The Bertz CT molecular complexity index is 447. The Kier molecular flexibility index (Phi) is 6.36. The molecule has 1 atom stereocenters. The normalized spacial score (nSPS) is 11.1. The van der Waals surface area contributed by atoms with Crippen molar-refractivity contribution in [2.45, 2.75) is 19.9 Å². The first-order chi connectivity index (χ1) is 7.95. The second-order valence-corrected chi connectivity index (χ2v) is 3.89. The molecule has 0 saturated carbocycles. The van der Waals surface area contributed by atoms with Crippen LogP contribution in [0.3, 0.4) is 0 Å². The van der Waals surface area contributed by atoms with Gasteiger partial charge in [0.05, 0.1) is 6.04 Å². The highest BCUT2D eigenvalue weighted by Crippen LogP contribution is 2.17. The van der Waals surface area contributed by atoms with Crippen LogP contribution in [0, 0.1) is 6.92 Å². The number of hydrogen-bond acceptors (Lipinski definition) is 3. The maximum Gasteiger partial charge on any atom is 0.251 e. The molecule has 0 aliphatic carbocycles. The van der Waals surface area contributed by atoms with Crippen LogP contribution in [-0.2, 0) is 4.79 Å². The lowest BCUT2D eigenvalue weighted by Gasteiger charge is -2.11. The van der Waals surface area contributed by atoms with Crippen LogP contribution >= 0.6 is 12.4 Å². The summed E-state index contributed by atoms with van der Waals surface area (Å²) >= 11 is 0. The zero-order chi connectivity index (χ0) is 13.0. The fourth-order valence-corrected chi connectivity index (χ4v) is 1.29. The molecule has 0 fully saturated rings. The lowest BCUT2D eigenvalue weighted by Crippen LogP contribution is -2.32. The largest absolute Gasteiger partial charge is 0.355 e. The number of rotatable bonds is 3. The van der Waals surface area contributed by atoms with E-state index in [2.05, 4.69) is 10.6 Å². The molecule has 0 heterocycles. The predicted octanol–water partition coefficient (Wildman–Crippen LogP) is 1.06. The number of nitrogens with two attached hydrogens (primary N) is 1. The van der Waals surface area contributed by atoms with Crippen molar-refractivity contribution in [3.63, 3.8) is 0 Å². The molecule has 0 bridgehead atoms. The fraction of sp³-hybridized carbons (Fsp3) is 0.333. The molecule has 6 heteroatoms. The van der Waals surface area contributed by atoms with Gasteiger partial charge < -0.3 is 16.4 Å². The van der Waals surface area contributed by atoms with E-state index in [4.69, 9.17) is 5.73 Å². The Morgan fingerprint density at radius 1 is 1.33 bits per heavy atom. The summed E-state index contributed by atoms with van der Waals surface area (Å²) in [5.41, 5.74) is 7.45. The molecular formula is C12H18ClN3O2. The minimum Gasteiger partial charge on any atom is -0.355 e. The van der Waals surface area contributed by atoms with E-state index >= 15 is 0 Å². The topological polar surface area (TPSA) is 84.2 Å². The molecule has 4 N–H and O–H groups in total. The van der Waals surface area contributed by atoms with Gasteiger partial charge in [0.15, 0.2) is 0 Å². The molecule has 0 radical (unpaired) electrons. The van der Waals surface area contributed by atoms with Crippen LogP contribution in [0.5, 0.6) is 0 Å². The summed E-state index contributed by atoms with van der Waals surface area (Å²) in [6.07, 6.45) is 0. The molecule has 5 nitrogen and oxygen atoms in total. The van der Waals surface area contributed by atoms with Crippen molar-refractivity contribution in [2.24, 2.45) is 5.73 Å². The Morgan fingerprint density at radius 3 is 2.44 bits per heavy atom. The Morgan fingerprint density at radius 2 is 1.94 bits per heavy atom. The van der Waals surface area contributed by atoms with Crippen molar-refractivity contribution in [3.05, 3.63) is 29.3 Å². The van der Waals surface area contributed by atoms with E-state index in [1.807, 2.05) is 6.92 Å². The Labute approximate surface area is 113 Å². The Hall–Kier alpha value is -1.59. The summed E-state index contributed by atoms with van der Waals surface area (Å²) in [7, 11) is 1.56. The molecule has 0 spiro atoms. The van der Waals surface area contributed by atoms with Crippen LogP contribution in [0.15, 0.2) is 18.2 Å². The highest BCUT2D eigenvalue weighted by atomic mass is 35.5. The van der Waals surface area contributed by atoms with Crippen molar-refractivity contribution >= 4 is 29.9 Å². The van der Waals surface area contributed by atoms with Crippen LogP contribution in [0.2, 0.25) is 0 Å². The molecule has 100 valence electrons. The van der Waals surface area contributed by atoms with Crippen molar-refractivity contribution in [1.29, 1.82) is 0 Å². The molecule has 1 aromatic rings. The van der Waals surface area contributed by atoms with Crippen molar-refractivity contribution < 1.29 is 9.59 Å². The third kappa shape index (κ3) is 4.01. The molecule has 0 unspecified atom stereocenters. The molecule has 18 heavy (non-hydrogen) atoms. The van der Waals surface area contributed by atoms with Gasteiger partial charge in [-0.05, 0) is 31.5 Å². The minimum atomic E-state index is -0.585. The van der Waals surface area contributed by atoms with E-state index in [9.17, 15) is 9.59 Å². The summed E-state index contributed by atoms with van der Waals surface area (Å²) in [6, 6.07) is 4.53. The molecule has 1 aromatic carbocycles. The Balaban J connectivity index is 0.00000289. The zero-order valence-corrected chi connectivity index (χ0v) is 11.4. The first kappa shape index (κ1) is 16.4. The quantitative estimate of drug-likeness (QED) is 0.769. The molecule has 1 rings (SSSR count). The summed E-state index contributed by atoms with van der Waals surface area (Å²) in [5, 5.41) is 5.21. The number of anilines is 1. The van der Waals surface area contributed by atoms with Gasteiger partial charge >= 0.3 is 0 Å². The van der Waals surface area contributed by atoms with E-state index in [-0.39, 0.29) is 24.2 Å². The van der Waals surface area contributed by atoms with Crippen molar-refractivity contribution in [3.8, 4) is 0 Å². The maximum atomic E-state index is 11.5. The number of benzene rings is 1. The molecule has 0 aromatic heterocycles. The van der Waals surface area contributed by atoms with E-state index in [1.165, 1.54) is 0 Å². The van der Waals surface area contributed by atoms with Crippen LogP contribution in [0.1, 0.15) is 22.8 Å². The average molecular weight is 272 g/mol. The van der Waals surface area contributed by atoms with E-state index < -0.39 is 6.04 Å². The predicted molar refractivity (Wildman–Crippen MR) is 74.1 cm³/mol. The van der Waals surface area contributed by atoms with Gasteiger partial charge in [0.1, 0.15) is 0 Å². The van der Waals surface area contributed by atoms with Crippen molar-refractivity contribution in [2.75, 3.05) is 12.4 Å². The lowest BCUT2D eigenvalue weighted by molar-refractivity contribution is -0.117. The number of nitrogens with one attached hydrogen (secondary N) is 2. The monoisotopic (exact) mass is 271 g/mol. The van der Waals surface area contributed by atoms with Gasteiger partial charge in [-0.2, -0.15) is 0 Å². The average Bonchev–Trinajstić information content (AvgIpc) is 2.30. The van der Waals surface area contributed by atoms with Gasteiger partial charge in [-0.3, -0.25) is 9.59 Å². The van der Waals surface area contributed by atoms with Crippen LogP contribution in [-0.4, -0.2) is 24.9 Å². The second kappa shape index (κ2) is 6.98. The van der Waals surface area contributed by atoms with Gasteiger partial charge in [0.25, 0.3) is 5.91 Å². The third-order valence-electron chi connectivity index (χ3n) is 2.40. The molecule has 2 amide bonds. The molecule has 0 saturated heterocycles. The molecule has 0 aliphatic rings. The number of aryl methyl sites for hydroxylation is 1. The first-order valence-electron chi connectivity index (χ1n) is 5.35. The van der Waals surface area contributed by atoms with Crippen molar-refractivity contribution in [1.82, 2.24) is 5.32 Å². The highest BCUT2D eigenvalue weighted by molar-refractivity contribution is 5.98. The maximum absolute atomic E-state index is 11.5. The number of halogens is 1. The zero-order valence-electron chi connectivity index (χ0n) is 10.6. The number of carbonyl (C=O) groups is 2. The smallest absolute Gasteiger partial charge is 0.251 e. The number of hydrogen-bond donors (Lipinski definition) is 3. The van der Waals surface area contributed by atoms with Gasteiger partial charge in [-0.15, -0.1) is 12.4 Å². The number of carbonyl (C=O) groups excluding carboxylic acids is 2. The van der Waals surface area contributed by atoms with Crippen LogP contribution < -0.4 is 16.4 Å².